The Labute approximate surface area is 135 Å². The second kappa shape index (κ2) is 6.43. The van der Waals surface area contributed by atoms with E-state index in [4.69, 9.17) is 0 Å². The normalized spacial score (nSPS) is 11.6. The predicted octanol–water partition coefficient (Wildman–Crippen LogP) is 3.19. The summed E-state index contributed by atoms with van der Waals surface area (Å²) in [5, 5.41) is 2.98. The maximum Gasteiger partial charge on any atom is 0.266 e. The molecular weight excluding hydrogens is 379 g/mol. The van der Waals surface area contributed by atoms with Crippen LogP contribution in [0, 0.1) is 5.82 Å². The van der Waals surface area contributed by atoms with Gasteiger partial charge in [0.1, 0.15) is 10.7 Å². The molecule has 0 saturated heterocycles. The first-order valence-corrected chi connectivity index (χ1v) is 9.08. The summed E-state index contributed by atoms with van der Waals surface area (Å²) < 4.78 is 39.9. The average Bonchev–Trinajstić information content (AvgIpc) is 2.81. The molecule has 0 bridgehead atoms. The molecular formula is C13H14BrFN2O2S2. The van der Waals surface area contributed by atoms with Crippen LogP contribution in [0.1, 0.15) is 4.88 Å². The molecule has 1 N–H and O–H groups in total. The van der Waals surface area contributed by atoms with Crippen molar-refractivity contribution in [3.05, 3.63) is 44.8 Å². The highest BCUT2D eigenvalue weighted by molar-refractivity contribution is 9.11. The topological polar surface area (TPSA) is 49.4 Å². The molecule has 0 unspecified atom stereocenters. The number of nitrogens with one attached hydrogen (secondary N) is 1. The number of benzene rings is 1. The first-order chi connectivity index (χ1) is 9.86. The van der Waals surface area contributed by atoms with Gasteiger partial charge in [0.05, 0.1) is 9.47 Å². The van der Waals surface area contributed by atoms with Gasteiger partial charge in [0.25, 0.3) is 10.0 Å². The van der Waals surface area contributed by atoms with E-state index in [0.717, 1.165) is 9.18 Å². The van der Waals surface area contributed by atoms with Crippen molar-refractivity contribution in [3.8, 4) is 0 Å². The van der Waals surface area contributed by atoms with Crippen LogP contribution in [-0.2, 0) is 16.6 Å². The summed E-state index contributed by atoms with van der Waals surface area (Å²) in [6, 6.07) is 6.97. The molecule has 0 saturated carbocycles. The highest BCUT2D eigenvalue weighted by atomic mass is 79.9. The van der Waals surface area contributed by atoms with Crippen molar-refractivity contribution in [1.82, 2.24) is 5.32 Å². The van der Waals surface area contributed by atoms with Gasteiger partial charge in [-0.25, -0.2) is 12.8 Å². The van der Waals surface area contributed by atoms with Crippen molar-refractivity contribution in [3.63, 3.8) is 0 Å². The highest BCUT2D eigenvalue weighted by Crippen LogP contribution is 2.34. The Hall–Kier alpha value is -0.960. The molecule has 0 amide bonds. The quantitative estimate of drug-likeness (QED) is 0.849. The smallest absolute Gasteiger partial charge is 0.266 e. The maximum atomic E-state index is 12.9. The molecule has 2 aromatic rings. The fourth-order valence-corrected chi connectivity index (χ4v) is 5.61. The first kappa shape index (κ1) is 16.4. The zero-order chi connectivity index (χ0) is 15.6. The van der Waals surface area contributed by atoms with Gasteiger partial charge in [0, 0.05) is 18.5 Å². The molecule has 8 heteroatoms. The first-order valence-electron chi connectivity index (χ1n) is 6.03. The maximum absolute atomic E-state index is 12.9. The van der Waals surface area contributed by atoms with E-state index in [0.29, 0.717) is 16.0 Å². The lowest BCUT2D eigenvalue weighted by atomic mass is 10.3. The lowest BCUT2D eigenvalue weighted by Crippen LogP contribution is -2.26. The van der Waals surface area contributed by atoms with Crippen molar-refractivity contribution in [2.24, 2.45) is 0 Å². The van der Waals surface area contributed by atoms with Crippen molar-refractivity contribution >= 4 is 43.0 Å². The standard InChI is InChI=1S/C13H14BrFN2O2S2/c1-16-8-11-7-12(13(14)20-11)21(18,19)17(2)10-5-3-9(15)4-6-10/h3-7,16H,8H2,1-2H3. The summed E-state index contributed by atoms with van der Waals surface area (Å²) in [5.74, 6) is -0.405. The fourth-order valence-electron chi connectivity index (χ4n) is 1.77. The third kappa shape index (κ3) is 3.45. The molecule has 114 valence electrons. The zero-order valence-corrected chi connectivity index (χ0v) is 14.6. The number of nitrogens with zero attached hydrogens (tertiary/aromatic N) is 1. The Kier molecular flexibility index (Phi) is 5.03. The Morgan fingerprint density at radius 3 is 2.52 bits per heavy atom. The molecule has 0 aliphatic carbocycles. The van der Waals surface area contributed by atoms with Crippen LogP contribution >= 0.6 is 27.3 Å². The Balaban J connectivity index is 2.39. The third-order valence-electron chi connectivity index (χ3n) is 2.89. The molecule has 1 aromatic carbocycles. The van der Waals surface area contributed by atoms with Crippen molar-refractivity contribution < 1.29 is 12.8 Å². The number of rotatable bonds is 5. The molecule has 1 aromatic heterocycles. The molecule has 4 nitrogen and oxygen atoms in total. The van der Waals surface area contributed by atoms with Crippen LogP contribution in [0.5, 0.6) is 0 Å². The van der Waals surface area contributed by atoms with Gasteiger partial charge >= 0.3 is 0 Å². The molecule has 0 radical (unpaired) electrons. The number of hydrogen-bond donors (Lipinski definition) is 1. The van der Waals surface area contributed by atoms with E-state index in [1.54, 1.807) is 13.1 Å². The highest BCUT2D eigenvalue weighted by Gasteiger charge is 2.26. The van der Waals surface area contributed by atoms with Gasteiger partial charge in [-0.05, 0) is 53.3 Å². The van der Waals surface area contributed by atoms with E-state index in [1.165, 1.54) is 42.6 Å². The number of anilines is 1. The van der Waals surface area contributed by atoms with Gasteiger partial charge in [-0.3, -0.25) is 4.31 Å². The number of sulfonamides is 1. The van der Waals surface area contributed by atoms with Gasteiger partial charge in [0.15, 0.2) is 0 Å². The lowest BCUT2D eigenvalue weighted by molar-refractivity contribution is 0.594. The zero-order valence-electron chi connectivity index (χ0n) is 11.4. The van der Waals surface area contributed by atoms with Crippen LogP contribution in [0.3, 0.4) is 0 Å². The van der Waals surface area contributed by atoms with Crippen LogP contribution < -0.4 is 9.62 Å². The summed E-state index contributed by atoms with van der Waals surface area (Å²) in [4.78, 5) is 1.13. The van der Waals surface area contributed by atoms with Crippen LogP contribution in [0.25, 0.3) is 0 Å². The van der Waals surface area contributed by atoms with E-state index in [2.05, 4.69) is 21.2 Å². The van der Waals surface area contributed by atoms with Gasteiger partial charge in [-0.1, -0.05) is 0 Å². The van der Waals surface area contributed by atoms with Crippen LogP contribution in [-0.4, -0.2) is 22.5 Å². The Morgan fingerprint density at radius 2 is 1.95 bits per heavy atom. The summed E-state index contributed by atoms with van der Waals surface area (Å²) in [6.45, 7) is 0.596. The summed E-state index contributed by atoms with van der Waals surface area (Å²) in [7, 11) is -0.440. The van der Waals surface area contributed by atoms with E-state index in [1.807, 2.05) is 0 Å². The van der Waals surface area contributed by atoms with E-state index >= 15 is 0 Å². The number of hydrogen-bond acceptors (Lipinski definition) is 4. The molecule has 0 aliphatic rings. The Morgan fingerprint density at radius 1 is 1.33 bits per heavy atom. The molecule has 2 rings (SSSR count). The van der Waals surface area contributed by atoms with E-state index < -0.39 is 15.8 Å². The predicted molar refractivity (Wildman–Crippen MR) is 86.8 cm³/mol. The summed E-state index contributed by atoms with van der Waals surface area (Å²) in [5.41, 5.74) is 0.407. The largest absolute Gasteiger partial charge is 0.315 e. The second-order valence-corrected chi connectivity index (χ2v) is 8.72. The van der Waals surface area contributed by atoms with E-state index in [9.17, 15) is 12.8 Å². The minimum Gasteiger partial charge on any atom is -0.315 e. The minimum absolute atomic E-state index is 0.213. The van der Waals surface area contributed by atoms with Gasteiger partial charge in [-0.15, -0.1) is 11.3 Å². The SMILES string of the molecule is CNCc1cc(S(=O)(=O)N(C)c2ccc(F)cc2)c(Br)s1. The summed E-state index contributed by atoms with van der Waals surface area (Å²) >= 11 is 4.67. The van der Waals surface area contributed by atoms with Gasteiger partial charge in [0.2, 0.25) is 0 Å². The molecule has 21 heavy (non-hydrogen) atoms. The number of halogens is 2. The third-order valence-corrected chi connectivity index (χ3v) is 6.92. The van der Waals surface area contributed by atoms with Crippen LogP contribution in [0.15, 0.2) is 39.0 Å². The van der Waals surface area contributed by atoms with Crippen LogP contribution in [0.2, 0.25) is 0 Å². The molecule has 1 heterocycles. The van der Waals surface area contributed by atoms with E-state index in [-0.39, 0.29) is 4.90 Å². The van der Waals surface area contributed by atoms with Crippen molar-refractivity contribution in [2.45, 2.75) is 11.4 Å². The van der Waals surface area contributed by atoms with Crippen molar-refractivity contribution in [1.29, 1.82) is 0 Å². The number of thiophene rings is 1. The molecule has 0 aliphatic heterocycles. The Bertz CT molecular complexity index is 729. The fraction of sp³-hybridized carbons (Fsp3) is 0.231. The van der Waals surface area contributed by atoms with Crippen LogP contribution in [0.4, 0.5) is 10.1 Å². The minimum atomic E-state index is -3.69. The van der Waals surface area contributed by atoms with Gasteiger partial charge < -0.3 is 5.32 Å². The van der Waals surface area contributed by atoms with Gasteiger partial charge in [-0.2, -0.15) is 0 Å². The lowest BCUT2D eigenvalue weighted by Gasteiger charge is -2.19. The summed E-state index contributed by atoms with van der Waals surface area (Å²) in [6.07, 6.45) is 0. The average molecular weight is 393 g/mol. The van der Waals surface area contributed by atoms with Crippen molar-refractivity contribution in [2.75, 3.05) is 18.4 Å². The molecule has 0 fully saturated rings. The molecule has 0 atom stereocenters. The molecule has 0 spiro atoms. The monoisotopic (exact) mass is 392 g/mol. The second-order valence-electron chi connectivity index (χ2n) is 4.33.